The summed E-state index contributed by atoms with van der Waals surface area (Å²) in [6.07, 6.45) is 3.27. The summed E-state index contributed by atoms with van der Waals surface area (Å²) < 4.78 is 30.8. The minimum atomic E-state index is -2.75. The van der Waals surface area contributed by atoms with Gasteiger partial charge in [-0.25, -0.2) is 8.78 Å². The average Bonchev–Trinajstić information content (AvgIpc) is 3.03. The molecule has 7 heteroatoms. The molecule has 3 aliphatic carbocycles. The van der Waals surface area contributed by atoms with Crippen molar-refractivity contribution in [3.05, 3.63) is 53.1 Å². The minimum absolute atomic E-state index is 0.139. The lowest BCUT2D eigenvalue weighted by Crippen LogP contribution is -2.47. The lowest BCUT2D eigenvalue weighted by Gasteiger charge is -2.51. The summed E-state index contributed by atoms with van der Waals surface area (Å²) in [5.74, 6) is -3.14. The third-order valence-electron chi connectivity index (χ3n) is 9.10. The number of halogens is 2. The number of benzene rings is 2. The summed E-state index contributed by atoms with van der Waals surface area (Å²) in [4.78, 5) is 12.6. The highest BCUT2D eigenvalue weighted by molar-refractivity contribution is 5.75. The highest BCUT2D eigenvalue weighted by Gasteiger charge is 2.67. The average molecular weight is 486 g/mol. The van der Waals surface area contributed by atoms with Crippen LogP contribution in [0.2, 0.25) is 0 Å². The number of phenols is 3. The molecule has 188 valence electrons. The van der Waals surface area contributed by atoms with Crippen LogP contribution < -0.4 is 5.32 Å². The number of alkyl halides is 2. The van der Waals surface area contributed by atoms with Crippen molar-refractivity contribution in [1.82, 2.24) is 5.32 Å². The van der Waals surface area contributed by atoms with Crippen LogP contribution in [0.3, 0.4) is 0 Å². The van der Waals surface area contributed by atoms with Crippen LogP contribution in [0.5, 0.6) is 17.2 Å². The highest BCUT2D eigenvalue weighted by atomic mass is 19.3. The molecule has 4 N–H and O–H groups in total. The molecule has 0 bridgehead atoms. The largest absolute Gasteiger partial charge is 0.508 e. The zero-order chi connectivity index (χ0) is 25.0. The number of phenolic OH excluding ortho intramolecular Hbond substituents is 3. The van der Waals surface area contributed by atoms with Gasteiger partial charge in [0.1, 0.15) is 5.75 Å². The van der Waals surface area contributed by atoms with Gasteiger partial charge in [0.15, 0.2) is 11.5 Å². The van der Waals surface area contributed by atoms with Crippen molar-refractivity contribution >= 4 is 5.91 Å². The van der Waals surface area contributed by atoms with Crippen LogP contribution in [-0.4, -0.2) is 27.1 Å². The van der Waals surface area contributed by atoms with Crippen molar-refractivity contribution in [3.8, 4) is 17.2 Å². The van der Waals surface area contributed by atoms with Gasteiger partial charge >= 0.3 is 0 Å². The Morgan fingerprint density at radius 1 is 1.09 bits per heavy atom. The van der Waals surface area contributed by atoms with Crippen LogP contribution in [0, 0.1) is 23.2 Å². The van der Waals surface area contributed by atoms with Gasteiger partial charge in [0.25, 0.3) is 5.92 Å². The van der Waals surface area contributed by atoms with Gasteiger partial charge < -0.3 is 20.6 Å². The summed E-state index contributed by atoms with van der Waals surface area (Å²) in [5, 5.41) is 31.7. The molecule has 3 aliphatic rings. The molecule has 35 heavy (non-hydrogen) atoms. The molecule has 0 radical (unpaired) electrons. The Morgan fingerprint density at radius 3 is 2.66 bits per heavy atom. The monoisotopic (exact) mass is 485 g/mol. The molecular formula is C28H33F2NO4. The Labute approximate surface area is 204 Å². The molecule has 0 aromatic heterocycles. The van der Waals surface area contributed by atoms with Crippen molar-refractivity contribution in [2.45, 2.75) is 70.3 Å². The van der Waals surface area contributed by atoms with Crippen LogP contribution in [0.1, 0.15) is 68.1 Å². The zero-order valence-electron chi connectivity index (χ0n) is 19.9. The second kappa shape index (κ2) is 8.68. The molecule has 2 saturated carbocycles. The summed E-state index contributed by atoms with van der Waals surface area (Å²) in [6.45, 7) is 1.96. The van der Waals surface area contributed by atoms with Crippen molar-refractivity contribution in [2.24, 2.45) is 23.2 Å². The van der Waals surface area contributed by atoms with E-state index in [-0.39, 0.29) is 66.2 Å². The molecule has 2 aromatic rings. The summed E-state index contributed by atoms with van der Waals surface area (Å²) in [5.41, 5.74) is 1.93. The predicted molar refractivity (Wildman–Crippen MR) is 127 cm³/mol. The SMILES string of the molecule is C[C@]12CC[C@@H]3c4ccc(O)cc4CC[C@H]3[C@@H]1[C@H](CCC(=O)NCc1ccc(O)c(O)c1)CC2(F)F. The molecule has 1 amide bonds. The number of hydrogen-bond acceptors (Lipinski definition) is 4. The number of rotatable bonds is 5. The Hall–Kier alpha value is -2.83. The maximum Gasteiger partial charge on any atom is 0.253 e. The van der Waals surface area contributed by atoms with Gasteiger partial charge in [-0.15, -0.1) is 0 Å². The van der Waals surface area contributed by atoms with Gasteiger partial charge in [-0.1, -0.05) is 19.1 Å². The lowest BCUT2D eigenvalue weighted by atomic mass is 9.53. The second-order valence-corrected chi connectivity index (χ2v) is 11.0. The van der Waals surface area contributed by atoms with E-state index in [1.807, 2.05) is 12.1 Å². The molecule has 0 spiro atoms. The van der Waals surface area contributed by atoms with E-state index in [2.05, 4.69) is 5.32 Å². The van der Waals surface area contributed by atoms with Gasteiger partial charge in [0, 0.05) is 24.8 Å². The van der Waals surface area contributed by atoms with Crippen LogP contribution in [0.4, 0.5) is 8.78 Å². The van der Waals surface area contributed by atoms with Crippen LogP contribution >= 0.6 is 0 Å². The molecule has 2 aromatic carbocycles. The topological polar surface area (TPSA) is 89.8 Å². The Kier molecular flexibility index (Phi) is 5.93. The highest BCUT2D eigenvalue weighted by Crippen LogP contribution is 2.68. The van der Waals surface area contributed by atoms with Gasteiger partial charge in [-0.05, 0) is 96.7 Å². The minimum Gasteiger partial charge on any atom is -0.508 e. The number of amides is 1. The summed E-state index contributed by atoms with van der Waals surface area (Å²) in [7, 11) is 0. The molecule has 5 atom stereocenters. The first-order valence-corrected chi connectivity index (χ1v) is 12.6. The van der Waals surface area contributed by atoms with E-state index in [0.717, 1.165) is 24.8 Å². The zero-order valence-corrected chi connectivity index (χ0v) is 19.9. The quantitative estimate of drug-likeness (QED) is 0.414. The number of aromatic hydroxyl groups is 3. The molecule has 0 unspecified atom stereocenters. The van der Waals surface area contributed by atoms with Crippen molar-refractivity contribution in [2.75, 3.05) is 0 Å². The van der Waals surface area contributed by atoms with Crippen LogP contribution in [0.15, 0.2) is 36.4 Å². The maximum absolute atomic E-state index is 15.4. The lowest BCUT2D eigenvalue weighted by molar-refractivity contribution is -0.133. The normalized spacial score (nSPS) is 30.7. The van der Waals surface area contributed by atoms with Crippen LogP contribution in [-0.2, 0) is 17.8 Å². The molecule has 2 fully saturated rings. The first-order valence-electron chi connectivity index (χ1n) is 12.6. The van der Waals surface area contributed by atoms with Gasteiger partial charge in [0.05, 0.1) is 0 Å². The first kappa shape index (κ1) is 23.9. The number of hydrogen-bond donors (Lipinski definition) is 4. The van der Waals surface area contributed by atoms with Crippen molar-refractivity contribution in [3.63, 3.8) is 0 Å². The Bertz CT molecular complexity index is 1140. The number of aryl methyl sites for hydroxylation is 1. The second-order valence-electron chi connectivity index (χ2n) is 11.0. The van der Waals surface area contributed by atoms with E-state index < -0.39 is 11.3 Å². The molecule has 0 heterocycles. The smallest absolute Gasteiger partial charge is 0.253 e. The Balaban J connectivity index is 1.29. The fraction of sp³-hybridized carbons (Fsp3) is 0.536. The number of carbonyl (C=O) groups excluding carboxylic acids is 1. The number of nitrogens with one attached hydrogen (secondary N) is 1. The van der Waals surface area contributed by atoms with Gasteiger partial charge in [-0.3, -0.25) is 4.79 Å². The van der Waals surface area contributed by atoms with E-state index in [0.29, 0.717) is 18.4 Å². The van der Waals surface area contributed by atoms with Crippen molar-refractivity contribution < 1.29 is 28.9 Å². The standard InChI is InChI=1S/C28H33F2NO4/c1-27-11-10-21-20-7-5-19(32)13-17(20)3-6-22(21)26(27)18(14-28(27,29)30)4-9-25(35)31-15-16-2-8-23(33)24(34)12-16/h2,5,7-8,12-13,18,21-22,26,32-34H,3-4,6,9-11,14-15H2,1H3,(H,31,35)/t18-,21-,22-,26+,27+/m1/s1. The van der Waals surface area contributed by atoms with Gasteiger partial charge in [0.2, 0.25) is 5.91 Å². The van der Waals surface area contributed by atoms with E-state index in [1.165, 1.54) is 17.7 Å². The molecule has 0 aliphatic heterocycles. The molecule has 0 saturated heterocycles. The molecule has 5 rings (SSSR count). The number of fused-ring (bicyclic) bond motifs is 5. The maximum atomic E-state index is 15.4. The molecule has 5 nitrogen and oxygen atoms in total. The fourth-order valence-corrected chi connectivity index (χ4v) is 7.37. The summed E-state index contributed by atoms with van der Waals surface area (Å²) >= 11 is 0. The first-order chi connectivity index (χ1) is 16.6. The summed E-state index contributed by atoms with van der Waals surface area (Å²) in [6, 6.07) is 9.86. The van der Waals surface area contributed by atoms with E-state index in [9.17, 15) is 20.1 Å². The predicted octanol–water partition coefficient (Wildman–Crippen LogP) is 5.62. The van der Waals surface area contributed by atoms with Gasteiger partial charge in [-0.2, -0.15) is 0 Å². The Morgan fingerprint density at radius 2 is 1.89 bits per heavy atom. The van der Waals surface area contributed by atoms with Crippen molar-refractivity contribution in [1.29, 1.82) is 0 Å². The third-order valence-corrected chi connectivity index (χ3v) is 9.10. The number of carbonyl (C=O) groups is 1. The van der Waals surface area contributed by atoms with E-state index in [1.54, 1.807) is 19.1 Å². The van der Waals surface area contributed by atoms with E-state index in [4.69, 9.17) is 0 Å². The van der Waals surface area contributed by atoms with Crippen LogP contribution in [0.25, 0.3) is 0 Å². The van der Waals surface area contributed by atoms with E-state index >= 15 is 8.78 Å². The fourth-order valence-electron chi connectivity index (χ4n) is 7.37. The third kappa shape index (κ3) is 4.13. The molecular weight excluding hydrogens is 452 g/mol.